The van der Waals surface area contributed by atoms with Gasteiger partial charge in [-0.1, -0.05) is 24.3 Å². The van der Waals surface area contributed by atoms with E-state index >= 15 is 0 Å². The molecule has 5 nitrogen and oxygen atoms in total. The molecule has 0 radical (unpaired) electrons. The highest BCUT2D eigenvalue weighted by Crippen LogP contribution is 2.27. The highest BCUT2D eigenvalue weighted by molar-refractivity contribution is 5.96. The number of carbonyl (C=O) groups is 1. The van der Waals surface area contributed by atoms with E-state index in [-0.39, 0.29) is 6.61 Å². The molecule has 128 valence electrons. The Kier molecular flexibility index (Phi) is 4.35. The molecule has 26 heavy (non-hydrogen) atoms. The van der Waals surface area contributed by atoms with Gasteiger partial charge in [0.1, 0.15) is 23.9 Å². The number of para-hydroxylation sites is 1. The Morgan fingerprint density at radius 2 is 1.69 bits per heavy atom. The van der Waals surface area contributed by atoms with Crippen LogP contribution in [0.5, 0.6) is 23.1 Å². The van der Waals surface area contributed by atoms with E-state index in [1.165, 1.54) is 0 Å². The van der Waals surface area contributed by atoms with E-state index in [4.69, 9.17) is 14.2 Å². The van der Waals surface area contributed by atoms with Gasteiger partial charge in [-0.25, -0.2) is 9.78 Å². The monoisotopic (exact) mass is 345 g/mol. The number of carbonyl (C=O) groups excluding carboxylic acids is 1. The van der Waals surface area contributed by atoms with Crippen LogP contribution < -0.4 is 14.2 Å². The van der Waals surface area contributed by atoms with Crippen LogP contribution in [0.15, 0.2) is 78.5 Å². The van der Waals surface area contributed by atoms with Crippen molar-refractivity contribution in [1.82, 2.24) is 4.98 Å². The Morgan fingerprint density at radius 1 is 0.923 bits per heavy atom. The maximum atomic E-state index is 12.3. The predicted molar refractivity (Wildman–Crippen MR) is 96.3 cm³/mol. The third-order valence-electron chi connectivity index (χ3n) is 3.79. The van der Waals surface area contributed by atoms with Crippen molar-refractivity contribution >= 4 is 12.0 Å². The summed E-state index contributed by atoms with van der Waals surface area (Å²) in [7, 11) is 0. The van der Waals surface area contributed by atoms with Crippen LogP contribution in [0.3, 0.4) is 0 Å². The normalized spacial score (nSPS) is 12.4. The lowest BCUT2D eigenvalue weighted by Crippen LogP contribution is -2.19. The molecular weight excluding hydrogens is 330 g/mol. The van der Waals surface area contributed by atoms with Crippen LogP contribution in [-0.2, 0) is 4.79 Å². The smallest absolute Gasteiger partial charge is 0.342 e. The average molecular weight is 345 g/mol. The van der Waals surface area contributed by atoms with Gasteiger partial charge in [-0.2, -0.15) is 0 Å². The molecule has 3 aromatic rings. The first kappa shape index (κ1) is 15.9. The molecule has 1 aliphatic heterocycles. The van der Waals surface area contributed by atoms with Crippen LogP contribution in [0.1, 0.15) is 5.56 Å². The molecule has 0 bridgehead atoms. The van der Waals surface area contributed by atoms with Gasteiger partial charge in [-0.3, -0.25) is 0 Å². The highest BCUT2D eigenvalue weighted by Gasteiger charge is 2.18. The summed E-state index contributed by atoms with van der Waals surface area (Å²) < 4.78 is 16.6. The molecule has 1 aromatic heterocycles. The number of fused-ring (bicyclic) bond motifs is 1. The Bertz CT molecular complexity index is 949. The molecule has 1 aliphatic rings. The van der Waals surface area contributed by atoms with Crippen LogP contribution >= 0.6 is 0 Å². The maximum absolute atomic E-state index is 12.3. The molecule has 0 unspecified atom stereocenters. The standard InChI is InChI=1S/C21H15NO4/c23-21(16-13-15-5-1-2-6-19(15)24-14-16)26-18-10-8-17(9-11-18)25-20-7-3-4-12-22-20/h1-13H,14H2. The number of nitrogens with zero attached hydrogens (tertiary/aromatic N) is 1. The first-order valence-corrected chi connectivity index (χ1v) is 8.11. The second kappa shape index (κ2) is 7.11. The SMILES string of the molecule is O=C(Oc1ccc(Oc2ccccn2)cc1)C1=Cc2ccccc2OC1. The van der Waals surface area contributed by atoms with Crippen molar-refractivity contribution in [3.8, 4) is 23.1 Å². The van der Waals surface area contributed by atoms with E-state index < -0.39 is 5.97 Å². The van der Waals surface area contributed by atoms with Gasteiger partial charge in [0.05, 0.1) is 5.57 Å². The summed E-state index contributed by atoms with van der Waals surface area (Å²) in [6.45, 7) is 0.191. The van der Waals surface area contributed by atoms with Gasteiger partial charge in [0.15, 0.2) is 0 Å². The van der Waals surface area contributed by atoms with E-state index in [1.807, 2.05) is 36.4 Å². The second-order valence-corrected chi connectivity index (χ2v) is 5.63. The minimum absolute atomic E-state index is 0.191. The number of hydrogen-bond donors (Lipinski definition) is 0. The topological polar surface area (TPSA) is 57.7 Å². The van der Waals surface area contributed by atoms with Gasteiger partial charge >= 0.3 is 5.97 Å². The van der Waals surface area contributed by atoms with E-state index in [9.17, 15) is 4.79 Å². The summed E-state index contributed by atoms with van der Waals surface area (Å²) in [6.07, 6.45) is 3.45. The Hall–Kier alpha value is -3.60. The van der Waals surface area contributed by atoms with Crippen LogP contribution in [0.4, 0.5) is 0 Å². The lowest BCUT2D eigenvalue weighted by Gasteiger charge is -2.16. The van der Waals surface area contributed by atoms with Crippen molar-refractivity contribution in [3.63, 3.8) is 0 Å². The van der Waals surface area contributed by atoms with Gasteiger partial charge in [0.25, 0.3) is 0 Å². The zero-order chi connectivity index (χ0) is 17.8. The number of rotatable bonds is 4. The van der Waals surface area contributed by atoms with Crippen molar-refractivity contribution in [1.29, 1.82) is 0 Å². The number of pyridine rings is 1. The van der Waals surface area contributed by atoms with E-state index in [0.29, 0.717) is 23.0 Å². The fourth-order valence-electron chi connectivity index (χ4n) is 2.51. The summed E-state index contributed by atoms with van der Waals surface area (Å²) in [5.41, 5.74) is 1.34. The first-order valence-electron chi connectivity index (χ1n) is 8.11. The summed E-state index contributed by atoms with van der Waals surface area (Å²) in [5.74, 6) is 1.87. The van der Waals surface area contributed by atoms with Gasteiger partial charge in [0.2, 0.25) is 5.88 Å². The summed E-state index contributed by atoms with van der Waals surface area (Å²) in [6, 6.07) is 19.8. The largest absolute Gasteiger partial charge is 0.488 e. The number of benzene rings is 2. The molecule has 0 saturated carbocycles. The molecule has 4 rings (SSSR count). The minimum atomic E-state index is -0.433. The summed E-state index contributed by atoms with van der Waals surface area (Å²) >= 11 is 0. The lowest BCUT2D eigenvalue weighted by molar-refractivity contribution is -0.130. The van der Waals surface area contributed by atoms with Crippen molar-refractivity contribution < 1.29 is 19.0 Å². The fourth-order valence-corrected chi connectivity index (χ4v) is 2.51. The highest BCUT2D eigenvalue weighted by atomic mass is 16.5. The quantitative estimate of drug-likeness (QED) is 0.522. The van der Waals surface area contributed by atoms with Crippen molar-refractivity contribution in [3.05, 3.63) is 84.1 Å². The van der Waals surface area contributed by atoms with E-state index in [0.717, 1.165) is 11.3 Å². The number of esters is 1. The number of aromatic nitrogens is 1. The van der Waals surface area contributed by atoms with Gasteiger partial charge in [-0.15, -0.1) is 0 Å². The fraction of sp³-hybridized carbons (Fsp3) is 0.0476. The average Bonchev–Trinajstić information content (AvgIpc) is 2.70. The lowest BCUT2D eigenvalue weighted by atomic mass is 10.1. The molecule has 0 atom stereocenters. The van der Waals surface area contributed by atoms with Crippen molar-refractivity contribution in [2.75, 3.05) is 6.61 Å². The molecule has 0 amide bonds. The second-order valence-electron chi connectivity index (χ2n) is 5.63. The zero-order valence-corrected chi connectivity index (χ0v) is 13.8. The predicted octanol–water partition coefficient (Wildman–Crippen LogP) is 4.26. The molecular formula is C21H15NO4. The third kappa shape index (κ3) is 3.57. The molecule has 2 heterocycles. The summed E-state index contributed by atoms with van der Waals surface area (Å²) in [5, 5.41) is 0. The third-order valence-corrected chi connectivity index (χ3v) is 3.79. The number of ether oxygens (including phenoxy) is 3. The van der Waals surface area contributed by atoms with E-state index in [1.54, 1.807) is 42.6 Å². The molecule has 0 N–H and O–H groups in total. The van der Waals surface area contributed by atoms with E-state index in [2.05, 4.69) is 4.98 Å². The molecule has 5 heteroatoms. The first-order chi connectivity index (χ1) is 12.8. The van der Waals surface area contributed by atoms with Gasteiger partial charge in [0, 0.05) is 17.8 Å². The van der Waals surface area contributed by atoms with Crippen LogP contribution in [0, 0.1) is 0 Å². The Morgan fingerprint density at radius 3 is 2.50 bits per heavy atom. The Balaban J connectivity index is 1.43. The molecule has 0 fully saturated rings. The summed E-state index contributed by atoms with van der Waals surface area (Å²) in [4.78, 5) is 16.4. The van der Waals surface area contributed by atoms with Crippen molar-refractivity contribution in [2.45, 2.75) is 0 Å². The molecule has 0 saturated heterocycles. The minimum Gasteiger partial charge on any atom is -0.488 e. The Labute approximate surface area is 150 Å². The van der Waals surface area contributed by atoms with Gasteiger partial charge < -0.3 is 14.2 Å². The van der Waals surface area contributed by atoms with Crippen LogP contribution in [0.25, 0.3) is 6.08 Å². The molecule has 0 spiro atoms. The molecule has 2 aromatic carbocycles. The molecule has 0 aliphatic carbocycles. The number of hydrogen-bond acceptors (Lipinski definition) is 5. The van der Waals surface area contributed by atoms with Crippen LogP contribution in [-0.4, -0.2) is 17.6 Å². The van der Waals surface area contributed by atoms with Crippen LogP contribution in [0.2, 0.25) is 0 Å². The van der Waals surface area contributed by atoms with Gasteiger partial charge in [-0.05, 0) is 42.5 Å². The maximum Gasteiger partial charge on any atom is 0.342 e. The van der Waals surface area contributed by atoms with Crippen molar-refractivity contribution in [2.24, 2.45) is 0 Å². The zero-order valence-electron chi connectivity index (χ0n) is 13.8.